The van der Waals surface area contributed by atoms with Gasteiger partial charge in [-0.25, -0.2) is 4.98 Å². The molecule has 0 saturated carbocycles. The Bertz CT molecular complexity index is 509. The van der Waals surface area contributed by atoms with E-state index in [4.69, 9.17) is 5.73 Å². The van der Waals surface area contributed by atoms with Crippen molar-refractivity contribution in [3.05, 3.63) is 46.6 Å². The highest BCUT2D eigenvalue weighted by Crippen LogP contribution is 2.23. The Hall–Kier alpha value is -1.55. The van der Waals surface area contributed by atoms with Crippen molar-refractivity contribution in [2.45, 2.75) is 13.3 Å². The van der Waals surface area contributed by atoms with Crippen molar-refractivity contribution in [1.29, 1.82) is 0 Å². The molecule has 1 heterocycles. The van der Waals surface area contributed by atoms with E-state index in [1.54, 1.807) is 6.20 Å². The zero-order valence-corrected chi connectivity index (χ0v) is 11.2. The van der Waals surface area contributed by atoms with Crippen LogP contribution >= 0.6 is 15.9 Å². The summed E-state index contributed by atoms with van der Waals surface area (Å²) in [5, 5.41) is 3.19. The number of anilines is 3. The average Bonchev–Trinajstić information content (AvgIpc) is 2.34. The number of nitrogens with two attached hydrogens (primary N) is 1. The Morgan fingerprint density at radius 1 is 1.29 bits per heavy atom. The second-order valence-electron chi connectivity index (χ2n) is 3.77. The summed E-state index contributed by atoms with van der Waals surface area (Å²) in [6.45, 7) is 2.14. The van der Waals surface area contributed by atoms with Crippen molar-refractivity contribution in [2.75, 3.05) is 11.1 Å². The molecule has 0 radical (unpaired) electrons. The first-order valence-corrected chi connectivity index (χ1v) is 6.25. The number of hydrogen-bond acceptors (Lipinski definition) is 3. The molecule has 0 atom stereocenters. The lowest BCUT2D eigenvalue weighted by molar-refractivity contribution is 1.14. The van der Waals surface area contributed by atoms with E-state index >= 15 is 0 Å². The quantitative estimate of drug-likeness (QED) is 0.906. The van der Waals surface area contributed by atoms with Gasteiger partial charge in [-0.05, 0) is 46.1 Å². The fourth-order valence-electron chi connectivity index (χ4n) is 1.52. The van der Waals surface area contributed by atoms with E-state index in [1.165, 1.54) is 5.56 Å². The molecule has 0 aliphatic carbocycles. The zero-order chi connectivity index (χ0) is 12.3. The van der Waals surface area contributed by atoms with Gasteiger partial charge in [0.1, 0.15) is 0 Å². The zero-order valence-electron chi connectivity index (χ0n) is 9.57. The average molecular weight is 292 g/mol. The number of nitrogens with one attached hydrogen (secondary N) is 1. The van der Waals surface area contributed by atoms with Gasteiger partial charge in [-0.3, -0.25) is 0 Å². The van der Waals surface area contributed by atoms with Gasteiger partial charge in [-0.1, -0.05) is 19.1 Å². The molecule has 3 N–H and O–H groups in total. The standard InChI is InChI=1S/C13H14BrN3/c1-2-9-3-5-11(6-4-9)17-13-12(15)7-10(14)8-16-13/h3-8H,2,15H2,1H3,(H,16,17). The summed E-state index contributed by atoms with van der Waals surface area (Å²) in [6.07, 6.45) is 2.76. The van der Waals surface area contributed by atoms with Crippen LogP contribution in [0.4, 0.5) is 17.2 Å². The van der Waals surface area contributed by atoms with Crippen molar-refractivity contribution in [1.82, 2.24) is 4.98 Å². The van der Waals surface area contributed by atoms with Crippen LogP contribution in [-0.2, 0) is 6.42 Å². The predicted molar refractivity (Wildman–Crippen MR) is 75.5 cm³/mol. The highest BCUT2D eigenvalue weighted by molar-refractivity contribution is 9.10. The molecular weight excluding hydrogens is 278 g/mol. The topological polar surface area (TPSA) is 50.9 Å². The molecule has 0 spiro atoms. The number of hydrogen-bond donors (Lipinski definition) is 2. The Kier molecular flexibility index (Phi) is 3.64. The Morgan fingerprint density at radius 2 is 2.00 bits per heavy atom. The van der Waals surface area contributed by atoms with Crippen LogP contribution in [-0.4, -0.2) is 4.98 Å². The number of aryl methyl sites for hydroxylation is 1. The highest BCUT2D eigenvalue weighted by atomic mass is 79.9. The summed E-state index contributed by atoms with van der Waals surface area (Å²) in [5.74, 6) is 0.678. The third kappa shape index (κ3) is 2.97. The molecule has 0 unspecified atom stereocenters. The number of pyridine rings is 1. The summed E-state index contributed by atoms with van der Waals surface area (Å²) >= 11 is 3.33. The third-order valence-electron chi connectivity index (χ3n) is 2.51. The minimum Gasteiger partial charge on any atom is -0.396 e. The van der Waals surface area contributed by atoms with Crippen molar-refractivity contribution >= 4 is 33.1 Å². The Labute approximate surface area is 109 Å². The maximum absolute atomic E-state index is 5.87. The molecule has 2 aromatic rings. The molecule has 88 valence electrons. The van der Waals surface area contributed by atoms with Gasteiger partial charge in [0.15, 0.2) is 5.82 Å². The van der Waals surface area contributed by atoms with Crippen LogP contribution in [0.1, 0.15) is 12.5 Å². The van der Waals surface area contributed by atoms with Crippen molar-refractivity contribution in [3.63, 3.8) is 0 Å². The maximum Gasteiger partial charge on any atom is 0.153 e. The van der Waals surface area contributed by atoms with Gasteiger partial charge in [0.05, 0.1) is 5.69 Å². The van der Waals surface area contributed by atoms with Crippen LogP contribution in [0.15, 0.2) is 41.0 Å². The molecule has 2 rings (SSSR count). The van der Waals surface area contributed by atoms with Crippen LogP contribution in [0.5, 0.6) is 0 Å². The normalized spacial score (nSPS) is 10.2. The van der Waals surface area contributed by atoms with Crippen LogP contribution in [0.25, 0.3) is 0 Å². The summed E-state index contributed by atoms with van der Waals surface area (Å²) < 4.78 is 0.877. The largest absolute Gasteiger partial charge is 0.396 e. The van der Waals surface area contributed by atoms with E-state index in [9.17, 15) is 0 Å². The van der Waals surface area contributed by atoms with Gasteiger partial charge in [0, 0.05) is 16.4 Å². The summed E-state index contributed by atoms with van der Waals surface area (Å²) in [6, 6.07) is 10.1. The van der Waals surface area contributed by atoms with E-state index < -0.39 is 0 Å². The van der Waals surface area contributed by atoms with Gasteiger partial charge in [0.25, 0.3) is 0 Å². The van der Waals surface area contributed by atoms with Crippen molar-refractivity contribution in [2.24, 2.45) is 0 Å². The molecular formula is C13H14BrN3. The van der Waals surface area contributed by atoms with E-state index in [0.717, 1.165) is 16.6 Å². The smallest absolute Gasteiger partial charge is 0.153 e. The van der Waals surface area contributed by atoms with Gasteiger partial charge in [0.2, 0.25) is 0 Å². The minimum atomic E-state index is 0.624. The first kappa shape index (κ1) is 11.9. The summed E-state index contributed by atoms with van der Waals surface area (Å²) in [4.78, 5) is 4.23. The second-order valence-corrected chi connectivity index (χ2v) is 4.68. The molecule has 0 bridgehead atoms. The first-order chi connectivity index (χ1) is 8.19. The molecule has 0 fully saturated rings. The van der Waals surface area contributed by atoms with Gasteiger partial charge >= 0.3 is 0 Å². The molecule has 1 aromatic heterocycles. The van der Waals surface area contributed by atoms with Gasteiger partial charge in [-0.15, -0.1) is 0 Å². The number of rotatable bonds is 3. The van der Waals surface area contributed by atoms with Crippen LogP contribution in [0.3, 0.4) is 0 Å². The lowest BCUT2D eigenvalue weighted by Gasteiger charge is -2.08. The van der Waals surface area contributed by atoms with Gasteiger partial charge < -0.3 is 11.1 Å². The molecule has 0 amide bonds. The summed E-state index contributed by atoms with van der Waals surface area (Å²) in [7, 11) is 0. The monoisotopic (exact) mass is 291 g/mol. The van der Waals surface area contributed by atoms with Crippen LogP contribution < -0.4 is 11.1 Å². The summed E-state index contributed by atoms with van der Waals surface area (Å²) in [5.41, 5.74) is 8.80. The fraction of sp³-hybridized carbons (Fsp3) is 0.154. The number of aromatic nitrogens is 1. The predicted octanol–water partition coefficient (Wildman–Crippen LogP) is 3.73. The highest BCUT2D eigenvalue weighted by Gasteiger charge is 2.01. The Morgan fingerprint density at radius 3 is 2.59 bits per heavy atom. The van der Waals surface area contributed by atoms with Crippen molar-refractivity contribution < 1.29 is 0 Å². The van der Waals surface area contributed by atoms with Crippen molar-refractivity contribution in [3.8, 4) is 0 Å². The molecule has 17 heavy (non-hydrogen) atoms. The SMILES string of the molecule is CCc1ccc(Nc2ncc(Br)cc2N)cc1. The lowest BCUT2D eigenvalue weighted by atomic mass is 10.1. The molecule has 0 aliphatic heterocycles. The number of benzene rings is 1. The third-order valence-corrected chi connectivity index (χ3v) is 2.94. The van der Waals surface area contributed by atoms with E-state index in [2.05, 4.69) is 45.3 Å². The van der Waals surface area contributed by atoms with Gasteiger partial charge in [-0.2, -0.15) is 0 Å². The molecule has 4 heteroatoms. The Balaban J connectivity index is 2.19. The number of halogens is 1. The first-order valence-electron chi connectivity index (χ1n) is 5.46. The minimum absolute atomic E-state index is 0.624. The van der Waals surface area contributed by atoms with E-state index in [0.29, 0.717) is 11.5 Å². The molecule has 3 nitrogen and oxygen atoms in total. The second kappa shape index (κ2) is 5.19. The van der Waals surface area contributed by atoms with Crippen LogP contribution in [0.2, 0.25) is 0 Å². The molecule has 0 saturated heterocycles. The van der Waals surface area contributed by atoms with E-state index in [-0.39, 0.29) is 0 Å². The molecule has 1 aromatic carbocycles. The molecule has 0 aliphatic rings. The maximum atomic E-state index is 5.87. The number of nitrogens with zero attached hydrogens (tertiary/aromatic N) is 1. The fourth-order valence-corrected chi connectivity index (χ4v) is 1.87. The number of nitrogen functional groups attached to an aromatic ring is 1. The lowest BCUT2D eigenvalue weighted by Crippen LogP contribution is -1.99. The van der Waals surface area contributed by atoms with E-state index in [1.807, 2.05) is 18.2 Å². The van der Waals surface area contributed by atoms with Crippen LogP contribution in [0, 0.1) is 0 Å².